The minimum absolute atomic E-state index is 0.0322. The van der Waals surface area contributed by atoms with Gasteiger partial charge in [0.15, 0.2) is 0 Å². The molecule has 4 heteroatoms. The fraction of sp³-hybridized carbons (Fsp3) is 0.500. The second-order valence-corrected chi connectivity index (χ2v) is 4.69. The topological polar surface area (TPSA) is 32.3 Å². The van der Waals surface area contributed by atoms with Crippen molar-refractivity contribution in [2.24, 2.45) is 5.92 Å². The first kappa shape index (κ1) is 13.0. The lowest BCUT2D eigenvalue weighted by molar-refractivity contribution is -0.117. The number of benzene rings is 1. The summed E-state index contributed by atoms with van der Waals surface area (Å²) in [5.41, 5.74) is 0.747. The van der Waals surface area contributed by atoms with Crippen molar-refractivity contribution >= 4 is 11.6 Å². The van der Waals surface area contributed by atoms with Gasteiger partial charge < -0.3 is 10.2 Å². The van der Waals surface area contributed by atoms with Crippen LogP contribution in [-0.4, -0.2) is 25.5 Å². The van der Waals surface area contributed by atoms with Crippen molar-refractivity contribution in [3.05, 3.63) is 30.1 Å². The minimum atomic E-state index is -0.283. The van der Waals surface area contributed by atoms with Gasteiger partial charge in [0.05, 0.1) is 6.54 Å². The van der Waals surface area contributed by atoms with Crippen LogP contribution in [0.1, 0.15) is 19.8 Å². The van der Waals surface area contributed by atoms with Gasteiger partial charge in [-0.05, 0) is 56.5 Å². The summed E-state index contributed by atoms with van der Waals surface area (Å²) in [6, 6.07) is 6.03. The Morgan fingerprint density at radius 3 is 2.61 bits per heavy atom. The standard InChI is InChI=1S/C14H19FN2O/c1-2-17(13-7-5-12(15)6-8-13)14(18)10-16-9-11-3-4-11/h5-8,11,16H,2-4,9-10H2,1H3. The maximum atomic E-state index is 12.8. The molecule has 0 saturated heterocycles. The van der Waals surface area contributed by atoms with Crippen molar-refractivity contribution in [3.63, 3.8) is 0 Å². The first-order valence-corrected chi connectivity index (χ1v) is 6.47. The van der Waals surface area contributed by atoms with E-state index < -0.39 is 0 Å². The summed E-state index contributed by atoms with van der Waals surface area (Å²) < 4.78 is 12.8. The minimum Gasteiger partial charge on any atom is -0.312 e. The highest BCUT2D eigenvalue weighted by atomic mass is 19.1. The number of likely N-dealkylation sites (N-methyl/N-ethyl adjacent to an activating group) is 1. The molecule has 0 unspecified atom stereocenters. The molecule has 0 radical (unpaired) electrons. The van der Waals surface area contributed by atoms with Crippen LogP contribution >= 0.6 is 0 Å². The van der Waals surface area contributed by atoms with Crippen LogP contribution in [0.2, 0.25) is 0 Å². The van der Waals surface area contributed by atoms with Gasteiger partial charge in [0.2, 0.25) is 5.91 Å². The molecule has 3 nitrogen and oxygen atoms in total. The quantitative estimate of drug-likeness (QED) is 0.839. The summed E-state index contributed by atoms with van der Waals surface area (Å²) >= 11 is 0. The monoisotopic (exact) mass is 250 g/mol. The lowest BCUT2D eigenvalue weighted by atomic mass is 10.2. The largest absolute Gasteiger partial charge is 0.312 e. The highest BCUT2D eigenvalue weighted by Crippen LogP contribution is 2.27. The molecule has 0 atom stereocenters. The maximum Gasteiger partial charge on any atom is 0.240 e. The summed E-state index contributed by atoms with van der Waals surface area (Å²) in [5.74, 6) is 0.512. The summed E-state index contributed by atoms with van der Waals surface area (Å²) in [7, 11) is 0. The molecular formula is C14H19FN2O. The van der Waals surface area contributed by atoms with Crippen LogP contribution in [0.5, 0.6) is 0 Å². The molecule has 1 amide bonds. The predicted octanol–water partition coefficient (Wildman–Crippen LogP) is 2.18. The van der Waals surface area contributed by atoms with Gasteiger partial charge in [-0.25, -0.2) is 4.39 Å². The average Bonchev–Trinajstić information content (AvgIpc) is 3.16. The van der Waals surface area contributed by atoms with E-state index >= 15 is 0 Å². The van der Waals surface area contributed by atoms with E-state index in [0.717, 1.165) is 18.2 Å². The van der Waals surface area contributed by atoms with E-state index in [-0.39, 0.29) is 11.7 Å². The molecule has 0 spiro atoms. The average molecular weight is 250 g/mol. The van der Waals surface area contributed by atoms with Gasteiger partial charge >= 0.3 is 0 Å². The molecule has 0 aromatic heterocycles. The van der Waals surface area contributed by atoms with Crippen LogP contribution in [-0.2, 0) is 4.79 Å². The Balaban J connectivity index is 1.89. The summed E-state index contributed by atoms with van der Waals surface area (Å²) in [6.07, 6.45) is 2.55. The Labute approximate surface area is 107 Å². The third-order valence-corrected chi connectivity index (χ3v) is 3.16. The number of nitrogens with one attached hydrogen (secondary N) is 1. The number of anilines is 1. The first-order valence-electron chi connectivity index (χ1n) is 6.47. The van der Waals surface area contributed by atoms with E-state index in [0.29, 0.717) is 13.1 Å². The van der Waals surface area contributed by atoms with Crippen molar-refractivity contribution in [3.8, 4) is 0 Å². The van der Waals surface area contributed by atoms with Crippen LogP contribution in [0.25, 0.3) is 0 Å². The SMILES string of the molecule is CCN(C(=O)CNCC1CC1)c1ccc(F)cc1. The Morgan fingerprint density at radius 1 is 1.39 bits per heavy atom. The number of hydrogen-bond acceptors (Lipinski definition) is 2. The molecule has 0 aliphatic heterocycles. The number of carbonyl (C=O) groups is 1. The van der Waals surface area contributed by atoms with E-state index in [4.69, 9.17) is 0 Å². The maximum absolute atomic E-state index is 12.8. The van der Waals surface area contributed by atoms with E-state index in [2.05, 4.69) is 5.32 Å². The molecule has 1 saturated carbocycles. The van der Waals surface area contributed by atoms with Crippen molar-refractivity contribution in [2.75, 3.05) is 24.5 Å². The van der Waals surface area contributed by atoms with Gasteiger partial charge in [-0.3, -0.25) is 4.79 Å². The Kier molecular flexibility index (Phi) is 4.31. The van der Waals surface area contributed by atoms with Crippen LogP contribution in [0.4, 0.5) is 10.1 Å². The number of nitrogens with zero attached hydrogens (tertiary/aromatic N) is 1. The van der Waals surface area contributed by atoms with E-state index in [1.165, 1.54) is 25.0 Å². The molecule has 2 rings (SSSR count). The van der Waals surface area contributed by atoms with Gasteiger partial charge in [-0.2, -0.15) is 0 Å². The number of amides is 1. The summed E-state index contributed by atoms with van der Waals surface area (Å²) in [5, 5.41) is 3.18. The molecule has 1 aliphatic carbocycles. The zero-order chi connectivity index (χ0) is 13.0. The molecule has 0 heterocycles. The zero-order valence-electron chi connectivity index (χ0n) is 10.7. The molecule has 1 aliphatic rings. The molecule has 1 fully saturated rings. The molecule has 0 bridgehead atoms. The van der Waals surface area contributed by atoms with Gasteiger partial charge in [0, 0.05) is 12.2 Å². The van der Waals surface area contributed by atoms with Gasteiger partial charge in [-0.15, -0.1) is 0 Å². The molecular weight excluding hydrogens is 231 g/mol. The van der Waals surface area contributed by atoms with E-state index in [9.17, 15) is 9.18 Å². The van der Waals surface area contributed by atoms with Crippen molar-refractivity contribution in [1.29, 1.82) is 0 Å². The van der Waals surface area contributed by atoms with E-state index in [1.54, 1.807) is 17.0 Å². The molecule has 98 valence electrons. The molecule has 18 heavy (non-hydrogen) atoms. The highest BCUT2D eigenvalue weighted by molar-refractivity contribution is 5.94. The molecule has 1 N–H and O–H groups in total. The third-order valence-electron chi connectivity index (χ3n) is 3.16. The van der Waals surface area contributed by atoms with Gasteiger partial charge in [-0.1, -0.05) is 0 Å². The number of carbonyl (C=O) groups excluding carboxylic acids is 1. The lowest BCUT2D eigenvalue weighted by Crippen LogP contribution is -2.38. The Hall–Kier alpha value is -1.42. The predicted molar refractivity (Wildman–Crippen MR) is 70.0 cm³/mol. The van der Waals surface area contributed by atoms with Crippen LogP contribution in [0.3, 0.4) is 0 Å². The van der Waals surface area contributed by atoms with Crippen LogP contribution in [0, 0.1) is 11.7 Å². The number of halogens is 1. The number of hydrogen-bond donors (Lipinski definition) is 1. The summed E-state index contributed by atoms with van der Waals surface area (Å²) in [4.78, 5) is 13.7. The van der Waals surface area contributed by atoms with Crippen LogP contribution in [0.15, 0.2) is 24.3 Å². The fourth-order valence-corrected chi connectivity index (χ4v) is 1.92. The fourth-order valence-electron chi connectivity index (χ4n) is 1.92. The second-order valence-electron chi connectivity index (χ2n) is 4.69. The second kappa shape index (κ2) is 5.96. The molecule has 1 aromatic rings. The third kappa shape index (κ3) is 3.53. The van der Waals surface area contributed by atoms with Gasteiger partial charge in [0.25, 0.3) is 0 Å². The smallest absolute Gasteiger partial charge is 0.240 e. The van der Waals surface area contributed by atoms with Crippen molar-refractivity contribution in [2.45, 2.75) is 19.8 Å². The summed E-state index contributed by atoms with van der Waals surface area (Å²) in [6.45, 7) is 3.78. The zero-order valence-corrected chi connectivity index (χ0v) is 10.7. The first-order chi connectivity index (χ1) is 8.70. The van der Waals surface area contributed by atoms with Crippen molar-refractivity contribution in [1.82, 2.24) is 5.32 Å². The van der Waals surface area contributed by atoms with Crippen LogP contribution < -0.4 is 10.2 Å². The van der Waals surface area contributed by atoms with Crippen molar-refractivity contribution < 1.29 is 9.18 Å². The van der Waals surface area contributed by atoms with Gasteiger partial charge in [0.1, 0.15) is 5.82 Å². The highest BCUT2D eigenvalue weighted by Gasteiger charge is 2.21. The number of rotatable bonds is 6. The Bertz CT molecular complexity index is 401. The Morgan fingerprint density at radius 2 is 2.06 bits per heavy atom. The molecule has 1 aromatic carbocycles. The normalized spacial score (nSPS) is 14.6. The van der Waals surface area contributed by atoms with E-state index in [1.807, 2.05) is 6.92 Å². The lowest BCUT2D eigenvalue weighted by Gasteiger charge is -2.21.